The van der Waals surface area contributed by atoms with Crippen LogP contribution in [0.4, 0.5) is 5.13 Å². The van der Waals surface area contributed by atoms with Crippen LogP contribution < -0.4 is 5.32 Å². The molecular formula is C21H22N2O3S2. The van der Waals surface area contributed by atoms with E-state index in [0.717, 1.165) is 35.2 Å². The molecular weight excluding hydrogens is 392 g/mol. The first kappa shape index (κ1) is 20.2. The summed E-state index contributed by atoms with van der Waals surface area (Å²) in [6.07, 6.45) is 3.29. The number of rotatable bonds is 6. The van der Waals surface area contributed by atoms with Crippen molar-refractivity contribution >= 4 is 32.2 Å². The summed E-state index contributed by atoms with van der Waals surface area (Å²) in [6.45, 7) is 4.13. The predicted octanol–water partition coefficient (Wildman–Crippen LogP) is 4.73. The van der Waals surface area contributed by atoms with Crippen LogP contribution in [-0.4, -0.2) is 25.6 Å². The molecule has 0 atom stereocenters. The number of thiazole rings is 1. The van der Waals surface area contributed by atoms with Crippen LogP contribution in [0.2, 0.25) is 0 Å². The number of benzene rings is 2. The average molecular weight is 415 g/mol. The van der Waals surface area contributed by atoms with Gasteiger partial charge in [-0.25, -0.2) is 13.4 Å². The van der Waals surface area contributed by atoms with Crippen LogP contribution in [-0.2, 0) is 16.3 Å². The van der Waals surface area contributed by atoms with E-state index < -0.39 is 9.84 Å². The highest BCUT2D eigenvalue weighted by Crippen LogP contribution is 2.31. The monoisotopic (exact) mass is 414 g/mol. The van der Waals surface area contributed by atoms with Gasteiger partial charge in [0.1, 0.15) is 0 Å². The molecule has 0 radical (unpaired) electrons. The largest absolute Gasteiger partial charge is 0.298 e. The number of hydrogen-bond acceptors (Lipinski definition) is 5. The van der Waals surface area contributed by atoms with Gasteiger partial charge in [-0.2, -0.15) is 0 Å². The van der Waals surface area contributed by atoms with Crippen LogP contribution in [0.3, 0.4) is 0 Å². The van der Waals surface area contributed by atoms with Crippen molar-refractivity contribution < 1.29 is 13.2 Å². The number of hydrogen-bond donors (Lipinski definition) is 1. The molecule has 7 heteroatoms. The molecule has 1 heterocycles. The second-order valence-corrected chi connectivity index (χ2v) is 9.84. The number of sulfone groups is 1. The number of aryl methyl sites for hydroxylation is 2. The van der Waals surface area contributed by atoms with Gasteiger partial charge in [0, 0.05) is 22.3 Å². The molecule has 1 N–H and O–H groups in total. The van der Waals surface area contributed by atoms with E-state index in [2.05, 4.69) is 41.5 Å². The zero-order valence-corrected chi connectivity index (χ0v) is 17.7. The molecule has 0 saturated carbocycles. The zero-order chi connectivity index (χ0) is 20.3. The Morgan fingerprint density at radius 3 is 2.29 bits per heavy atom. The third kappa shape index (κ3) is 4.66. The van der Waals surface area contributed by atoms with Crippen molar-refractivity contribution in [3.8, 4) is 11.3 Å². The van der Waals surface area contributed by atoms with E-state index in [-0.39, 0.29) is 10.8 Å². The Balaban J connectivity index is 1.76. The molecule has 0 spiro atoms. The van der Waals surface area contributed by atoms with Crippen molar-refractivity contribution in [1.29, 1.82) is 0 Å². The average Bonchev–Trinajstić information content (AvgIpc) is 3.02. The van der Waals surface area contributed by atoms with Crippen LogP contribution in [0.1, 0.15) is 34.1 Å². The van der Waals surface area contributed by atoms with Gasteiger partial charge < -0.3 is 0 Å². The van der Waals surface area contributed by atoms with E-state index in [4.69, 9.17) is 0 Å². The molecule has 0 saturated heterocycles. The van der Waals surface area contributed by atoms with E-state index in [1.54, 1.807) is 0 Å². The minimum Gasteiger partial charge on any atom is -0.298 e. The van der Waals surface area contributed by atoms with Gasteiger partial charge in [-0.1, -0.05) is 37.6 Å². The summed E-state index contributed by atoms with van der Waals surface area (Å²) in [4.78, 5) is 18.2. The van der Waals surface area contributed by atoms with Crippen molar-refractivity contribution in [3.05, 3.63) is 64.5 Å². The lowest BCUT2D eigenvalue weighted by molar-refractivity contribution is 0.102. The Bertz CT molecular complexity index is 1080. The summed E-state index contributed by atoms with van der Waals surface area (Å²) in [5, 5.41) is 3.31. The first-order valence-electron chi connectivity index (χ1n) is 8.96. The molecule has 146 valence electrons. The fourth-order valence-corrected chi connectivity index (χ4v) is 4.32. The standard InChI is InChI=1S/C21H22N2O3S2/c1-4-5-15-6-8-16(9-7-15)19-14(2)27-21(22-19)23-20(24)17-10-12-18(13-11-17)28(3,25)26/h6-13H,4-5H2,1-3H3,(H,22,23,24). The maximum absolute atomic E-state index is 12.5. The Morgan fingerprint density at radius 2 is 1.71 bits per heavy atom. The molecule has 0 unspecified atom stereocenters. The van der Waals surface area contributed by atoms with Crippen molar-refractivity contribution in [1.82, 2.24) is 4.98 Å². The molecule has 2 aromatic carbocycles. The third-order valence-electron chi connectivity index (χ3n) is 4.33. The minimum absolute atomic E-state index is 0.183. The molecule has 5 nitrogen and oxygen atoms in total. The number of nitrogens with zero attached hydrogens (tertiary/aromatic N) is 1. The van der Waals surface area contributed by atoms with Gasteiger partial charge in [0.05, 0.1) is 10.6 Å². The van der Waals surface area contributed by atoms with E-state index in [1.807, 2.05) is 6.92 Å². The van der Waals surface area contributed by atoms with E-state index in [9.17, 15) is 13.2 Å². The number of carbonyl (C=O) groups is 1. The van der Waals surface area contributed by atoms with Crippen LogP contribution in [0.15, 0.2) is 53.4 Å². The quantitative estimate of drug-likeness (QED) is 0.633. The molecule has 0 fully saturated rings. The fourth-order valence-electron chi connectivity index (χ4n) is 2.86. The highest BCUT2D eigenvalue weighted by Gasteiger charge is 2.14. The highest BCUT2D eigenvalue weighted by atomic mass is 32.2. The number of carbonyl (C=O) groups excluding carboxylic acids is 1. The summed E-state index contributed by atoms with van der Waals surface area (Å²) in [7, 11) is -3.29. The third-order valence-corrected chi connectivity index (χ3v) is 6.34. The van der Waals surface area contributed by atoms with Crippen molar-refractivity contribution in [2.24, 2.45) is 0 Å². The number of nitrogens with one attached hydrogen (secondary N) is 1. The van der Waals surface area contributed by atoms with E-state index in [0.29, 0.717) is 10.7 Å². The van der Waals surface area contributed by atoms with Crippen LogP contribution in [0, 0.1) is 6.92 Å². The fraction of sp³-hybridized carbons (Fsp3) is 0.238. The molecule has 1 amide bonds. The first-order valence-corrected chi connectivity index (χ1v) is 11.7. The summed E-state index contributed by atoms with van der Waals surface area (Å²) in [6, 6.07) is 14.2. The van der Waals surface area contributed by atoms with Gasteiger partial charge in [-0.15, -0.1) is 11.3 Å². The summed E-state index contributed by atoms with van der Waals surface area (Å²) in [5.74, 6) is -0.321. The molecule has 0 aliphatic heterocycles. The molecule has 0 bridgehead atoms. The lowest BCUT2D eigenvalue weighted by Gasteiger charge is -2.03. The second-order valence-electron chi connectivity index (χ2n) is 6.62. The predicted molar refractivity (Wildman–Crippen MR) is 114 cm³/mol. The molecule has 3 rings (SSSR count). The maximum atomic E-state index is 12.5. The minimum atomic E-state index is -3.29. The van der Waals surface area contributed by atoms with Crippen molar-refractivity contribution in [2.75, 3.05) is 11.6 Å². The maximum Gasteiger partial charge on any atom is 0.257 e. The first-order chi connectivity index (χ1) is 13.3. The van der Waals surface area contributed by atoms with Gasteiger partial charge in [0.15, 0.2) is 15.0 Å². The lowest BCUT2D eigenvalue weighted by atomic mass is 10.1. The van der Waals surface area contributed by atoms with Crippen LogP contribution in [0.5, 0.6) is 0 Å². The van der Waals surface area contributed by atoms with Gasteiger partial charge in [0.25, 0.3) is 5.91 Å². The summed E-state index contributed by atoms with van der Waals surface area (Å²) < 4.78 is 23.1. The number of aromatic nitrogens is 1. The number of amides is 1. The Labute approximate surface area is 169 Å². The van der Waals surface area contributed by atoms with Crippen molar-refractivity contribution in [3.63, 3.8) is 0 Å². The Hall–Kier alpha value is -2.51. The van der Waals surface area contributed by atoms with E-state index >= 15 is 0 Å². The molecule has 0 aliphatic carbocycles. The summed E-state index contributed by atoms with van der Waals surface area (Å²) >= 11 is 1.42. The van der Waals surface area contributed by atoms with E-state index in [1.165, 1.54) is 41.2 Å². The lowest BCUT2D eigenvalue weighted by Crippen LogP contribution is -2.11. The topological polar surface area (TPSA) is 76.1 Å². The second kappa shape index (κ2) is 8.24. The van der Waals surface area contributed by atoms with Gasteiger partial charge >= 0.3 is 0 Å². The molecule has 3 aromatic rings. The number of anilines is 1. The van der Waals surface area contributed by atoms with Gasteiger partial charge in [0.2, 0.25) is 0 Å². The zero-order valence-electron chi connectivity index (χ0n) is 16.0. The molecule has 0 aliphatic rings. The highest BCUT2D eigenvalue weighted by molar-refractivity contribution is 7.90. The van der Waals surface area contributed by atoms with Gasteiger partial charge in [-0.05, 0) is 43.2 Å². The van der Waals surface area contributed by atoms with Crippen LogP contribution in [0.25, 0.3) is 11.3 Å². The van der Waals surface area contributed by atoms with Gasteiger partial charge in [-0.3, -0.25) is 10.1 Å². The molecule has 28 heavy (non-hydrogen) atoms. The van der Waals surface area contributed by atoms with Crippen molar-refractivity contribution in [2.45, 2.75) is 31.6 Å². The smallest absolute Gasteiger partial charge is 0.257 e. The summed E-state index contributed by atoms with van der Waals surface area (Å²) in [5.41, 5.74) is 3.55. The Morgan fingerprint density at radius 1 is 1.07 bits per heavy atom. The normalized spacial score (nSPS) is 11.4. The van der Waals surface area contributed by atoms with Crippen LogP contribution >= 0.6 is 11.3 Å². The SMILES string of the molecule is CCCc1ccc(-c2nc(NC(=O)c3ccc(S(C)(=O)=O)cc3)sc2C)cc1. The molecule has 1 aromatic heterocycles. The Kier molecular flexibility index (Phi) is 5.96.